The molecule has 3 aromatic rings. The summed E-state index contributed by atoms with van der Waals surface area (Å²) >= 11 is 13.0. The normalized spacial score (nSPS) is 11.0. The fourth-order valence-corrected chi connectivity index (χ4v) is 3.64. The van der Waals surface area contributed by atoms with Crippen molar-refractivity contribution in [3.8, 4) is 17.2 Å². The van der Waals surface area contributed by atoms with Crippen molar-refractivity contribution in [1.82, 2.24) is 9.55 Å². The van der Waals surface area contributed by atoms with Crippen LogP contribution >= 0.6 is 23.2 Å². The summed E-state index contributed by atoms with van der Waals surface area (Å²) in [5, 5.41) is 0.905. The van der Waals surface area contributed by atoms with Crippen LogP contribution in [0.1, 0.15) is 21.6 Å². The number of hydrogen-bond donors (Lipinski definition) is 2. The number of nitrogens with two attached hydrogens (primary N) is 2. The molecule has 27 heavy (non-hydrogen) atoms. The van der Waals surface area contributed by atoms with E-state index in [4.69, 9.17) is 44.1 Å². The number of fused-ring (bicyclic) bond motifs is 1. The highest BCUT2D eigenvalue weighted by Gasteiger charge is 2.27. The number of aromatic nitrogens is 2. The molecule has 0 atom stereocenters. The summed E-state index contributed by atoms with van der Waals surface area (Å²) in [5.74, 6) is 0.0646. The minimum absolute atomic E-state index is 0.0779. The van der Waals surface area contributed by atoms with Crippen LogP contribution in [0.5, 0.6) is 11.5 Å². The van der Waals surface area contributed by atoms with Gasteiger partial charge in [-0.3, -0.25) is 9.36 Å². The number of carbonyl (C=O) groups is 1. The Morgan fingerprint density at radius 2 is 1.67 bits per heavy atom. The van der Waals surface area contributed by atoms with Crippen molar-refractivity contribution in [2.45, 2.75) is 13.8 Å². The zero-order chi connectivity index (χ0) is 20.0. The minimum Gasteiger partial charge on any atom is -0.495 e. The third kappa shape index (κ3) is 2.83. The molecule has 0 unspecified atom stereocenters. The second-order valence-electron chi connectivity index (χ2n) is 5.98. The molecule has 0 aliphatic carbocycles. The first-order valence-electron chi connectivity index (χ1n) is 7.91. The van der Waals surface area contributed by atoms with Gasteiger partial charge in [0.1, 0.15) is 33.0 Å². The molecule has 0 aliphatic heterocycles. The number of aryl methyl sites for hydroxylation is 2. The second kappa shape index (κ2) is 6.83. The predicted octanol–water partition coefficient (Wildman–Crippen LogP) is 3.65. The molecule has 0 radical (unpaired) electrons. The van der Waals surface area contributed by atoms with Crippen molar-refractivity contribution < 1.29 is 14.3 Å². The molecule has 9 heteroatoms. The fourth-order valence-electron chi connectivity index (χ4n) is 2.97. The van der Waals surface area contributed by atoms with E-state index in [1.807, 2.05) is 19.9 Å². The van der Waals surface area contributed by atoms with E-state index in [1.54, 1.807) is 6.07 Å². The number of methoxy groups -OCH3 is 2. The van der Waals surface area contributed by atoms with E-state index in [0.29, 0.717) is 28.2 Å². The van der Waals surface area contributed by atoms with Gasteiger partial charge in [0.15, 0.2) is 0 Å². The van der Waals surface area contributed by atoms with Gasteiger partial charge in [-0.2, -0.15) is 0 Å². The van der Waals surface area contributed by atoms with Crippen molar-refractivity contribution >= 4 is 46.0 Å². The van der Waals surface area contributed by atoms with Gasteiger partial charge in [-0.15, -0.1) is 0 Å². The molecule has 3 rings (SSSR count). The predicted molar refractivity (Wildman–Crippen MR) is 107 cm³/mol. The van der Waals surface area contributed by atoms with E-state index < -0.39 is 5.91 Å². The third-order valence-corrected chi connectivity index (χ3v) is 5.18. The van der Waals surface area contributed by atoms with Crippen LogP contribution in [-0.4, -0.2) is 29.7 Å². The van der Waals surface area contributed by atoms with Crippen LogP contribution in [0, 0.1) is 13.8 Å². The van der Waals surface area contributed by atoms with Gasteiger partial charge in [0, 0.05) is 17.1 Å². The highest BCUT2D eigenvalue weighted by atomic mass is 35.5. The molecular formula is C18H18Cl2N4O3. The van der Waals surface area contributed by atoms with Crippen molar-refractivity contribution in [2.75, 3.05) is 20.0 Å². The second-order valence-corrected chi connectivity index (χ2v) is 6.74. The number of halogens is 2. The first kappa shape index (κ1) is 19.1. The number of carbonyl (C=O) groups excluding carboxylic acids is 1. The number of hydrogen-bond acceptors (Lipinski definition) is 5. The molecule has 1 aromatic carbocycles. The Hall–Kier alpha value is -2.64. The lowest BCUT2D eigenvalue weighted by Gasteiger charge is -2.17. The molecule has 7 nitrogen and oxygen atoms in total. The van der Waals surface area contributed by atoms with Gasteiger partial charge in [-0.05, 0) is 25.5 Å². The van der Waals surface area contributed by atoms with Gasteiger partial charge >= 0.3 is 0 Å². The summed E-state index contributed by atoms with van der Waals surface area (Å²) in [6.45, 7) is 3.73. The molecule has 1 amide bonds. The molecule has 0 fully saturated rings. The summed E-state index contributed by atoms with van der Waals surface area (Å²) in [5.41, 5.74) is 14.4. The Kier molecular flexibility index (Phi) is 4.84. The Balaban J connectivity index is 2.55. The molecule has 0 saturated heterocycles. The number of nitrogen functional groups attached to an aromatic ring is 1. The van der Waals surface area contributed by atoms with Crippen LogP contribution in [0.4, 0.5) is 5.82 Å². The molecule has 0 aliphatic rings. The molecule has 4 N–H and O–H groups in total. The fraction of sp³-hybridized carbons (Fsp3) is 0.222. The summed E-state index contributed by atoms with van der Waals surface area (Å²) in [6.07, 6.45) is 0. The number of nitrogens with zero attached hydrogens (tertiary/aromatic N) is 2. The number of primary amides is 1. The van der Waals surface area contributed by atoms with Gasteiger partial charge in [0.05, 0.1) is 25.5 Å². The molecule has 2 aromatic heterocycles. The Morgan fingerprint density at radius 1 is 1.11 bits per heavy atom. The van der Waals surface area contributed by atoms with Gasteiger partial charge in [-0.1, -0.05) is 23.2 Å². The lowest BCUT2D eigenvalue weighted by atomic mass is 10.1. The Bertz CT molecular complexity index is 1060. The average molecular weight is 409 g/mol. The molecule has 0 saturated carbocycles. The van der Waals surface area contributed by atoms with E-state index in [2.05, 4.69) is 4.98 Å². The largest absolute Gasteiger partial charge is 0.495 e. The average Bonchev–Trinajstić information content (AvgIpc) is 2.88. The number of amides is 1. The third-order valence-electron chi connectivity index (χ3n) is 4.44. The number of ether oxygens (including phenoxy) is 2. The van der Waals surface area contributed by atoms with Gasteiger partial charge in [0.2, 0.25) is 0 Å². The van der Waals surface area contributed by atoms with Crippen molar-refractivity contribution in [3.05, 3.63) is 39.0 Å². The van der Waals surface area contributed by atoms with Crippen LogP contribution < -0.4 is 20.9 Å². The van der Waals surface area contributed by atoms with E-state index in [0.717, 1.165) is 11.3 Å². The topological polar surface area (TPSA) is 105 Å². The van der Waals surface area contributed by atoms with Crippen LogP contribution in [0.15, 0.2) is 12.1 Å². The van der Waals surface area contributed by atoms with Crippen molar-refractivity contribution in [2.24, 2.45) is 5.73 Å². The maximum absolute atomic E-state index is 12.1. The Morgan fingerprint density at radius 3 is 2.15 bits per heavy atom. The van der Waals surface area contributed by atoms with Crippen LogP contribution in [-0.2, 0) is 0 Å². The lowest BCUT2D eigenvalue weighted by molar-refractivity contribution is 0.100. The molecule has 0 bridgehead atoms. The number of anilines is 1. The summed E-state index contributed by atoms with van der Waals surface area (Å²) < 4.78 is 12.1. The number of benzene rings is 1. The van der Waals surface area contributed by atoms with Gasteiger partial charge in [-0.25, -0.2) is 4.98 Å². The zero-order valence-electron chi connectivity index (χ0n) is 15.2. The molecule has 142 valence electrons. The maximum Gasteiger partial charge on any atom is 0.253 e. The van der Waals surface area contributed by atoms with E-state index >= 15 is 0 Å². The summed E-state index contributed by atoms with van der Waals surface area (Å²) in [7, 11) is 2.94. The highest BCUT2D eigenvalue weighted by Crippen LogP contribution is 2.45. The SMILES string of the molecule is COc1cc(OC)c(Cl)c(-n2c(N)c(C(N)=O)c3cc(C)c(C)nc32)c1Cl. The lowest BCUT2D eigenvalue weighted by Crippen LogP contribution is -2.14. The van der Waals surface area contributed by atoms with Crippen molar-refractivity contribution in [1.29, 1.82) is 0 Å². The van der Waals surface area contributed by atoms with Crippen LogP contribution in [0.25, 0.3) is 16.7 Å². The summed E-state index contributed by atoms with van der Waals surface area (Å²) in [4.78, 5) is 16.7. The first-order valence-corrected chi connectivity index (χ1v) is 8.66. The highest BCUT2D eigenvalue weighted by molar-refractivity contribution is 6.40. The molecule has 2 heterocycles. The first-order chi connectivity index (χ1) is 12.7. The monoisotopic (exact) mass is 408 g/mol. The van der Waals surface area contributed by atoms with Crippen LogP contribution in [0.3, 0.4) is 0 Å². The van der Waals surface area contributed by atoms with Crippen LogP contribution in [0.2, 0.25) is 10.0 Å². The maximum atomic E-state index is 12.1. The Labute approximate surface area is 165 Å². The summed E-state index contributed by atoms with van der Waals surface area (Å²) in [6, 6.07) is 3.37. The van der Waals surface area contributed by atoms with E-state index in [-0.39, 0.29) is 21.4 Å². The molecule has 0 spiro atoms. The smallest absolute Gasteiger partial charge is 0.253 e. The van der Waals surface area contributed by atoms with E-state index in [9.17, 15) is 4.79 Å². The standard InChI is InChI=1S/C18H18Cl2N4O3/c1-7-5-9-12(17(22)25)16(21)24(18(9)23-8(7)2)15-13(19)10(26-3)6-11(27-4)14(15)20/h5-6H,21H2,1-4H3,(H2,22,25). The van der Waals surface area contributed by atoms with Gasteiger partial charge in [0.25, 0.3) is 5.91 Å². The zero-order valence-corrected chi connectivity index (χ0v) is 16.7. The van der Waals surface area contributed by atoms with Crippen molar-refractivity contribution in [3.63, 3.8) is 0 Å². The quantitative estimate of drug-likeness (QED) is 0.685. The van der Waals surface area contributed by atoms with Gasteiger partial charge < -0.3 is 20.9 Å². The number of rotatable bonds is 4. The molecular weight excluding hydrogens is 391 g/mol. The van der Waals surface area contributed by atoms with E-state index in [1.165, 1.54) is 18.8 Å². The number of pyridine rings is 1. The minimum atomic E-state index is -0.677.